The van der Waals surface area contributed by atoms with Gasteiger partial charge in [-0.3, -0.25) is 4.79 Å². The Hall–Kier alpha value is -3.28. The number of nitrogens with one attached hydrogen (secondary N) is 1. The number of nitrogens with zero attached hydrogens (tertiary/aromatic N) is 4. The zero-order chi connectivity index (χ0) is 18.1. The van der Waals surface area contributed by atoms with Gasteiger partial charge in [0.05, 0.1) is 18.9 Å². The van der Waals surface area contributed by atoms with E-state index in [4.69, 9.17) is 0 Å². The molecule has 1 aromatic carbocycles. The Kier molecular flexibility index (Phi) is 4.08. The van der Waals surface area contributed by atoms with Gasteiger partial charge in [0.15, 0.2) is 5.82 Å². The lowest BCUT2D eigenvalue weighted by atomic mass is 10.2. The van der Waals surface area contributed by atoms with Gasteiger partial charge in [-0.15, -0.1) is 0 Å². The summed E-state index contributed by atoms with van der Waals surface area (Å²) in [6.07, 6.45) is 5.16. The minimum Gasteiger partial charge on any atom is -0.351 e. The van der Waals surface area contributed by atoms with Gasteiger partial charge >= 0.3 is 0 Å². The molecule has 0 unspecified atom stereocenters. The second-order valence-electron chi connectivity index (χ2n) is 6.44. The number of anilines is 2. The summed E-state index contributed by atoms with van der Waals surface area (Å²) < 4.78 is 2.13. The van der Waals surface area contributed by atoms with Gasteiger partial charge in [0.2, 0.25) is 5.91 Å². The number of likely N-dealkylation sites (N-methyl/N-ethyl adjacent to an activating group) is 1. The first-order chi connectivity index (χ1) is 12.6. The highest BCUT2D eigenvalue weighted by molar-refractivity contribution is 5.88. The summed E-state index contributed by atoms with van der Waals surface area (Å²) in [4.78, 5) is 20.5. The van der Waals surface area contributed by atoms with Crippen molar-refractivity contribution in [1.82, 2.24) is 14.5 Å². The molecule has 3 heterocycles. The zero-order valence-electron chi connectivity index (χ0n) is 14.9. The molecule has 132 valence electrons. The summed E-state index contributed by atoms with van der Waals surface area (Å²) in [5, 5.41) is 4.39. The summed E-state index contributed by atoms with van der Waals surface area (Å²) in [7, 11) is 3.85. The number of hydrogen-bond donors (Lipinski definition) is 1. The summed E-state index contributed by atoms with van der Waals surface area (Å²) in [6, 6.07) is 14.2. The van der Waals surface area contributed by atoms with Gasteiger partial charge in [-0.1, -0.05) is 18.2 Å². The van der Waals surface area contributed by atoms with Crippen LogP contribution in [-0.2, 0) is 18.4 Å². The highest BCUT2D eigenvalue weighted by atomic mass is 16.2. The number of benzene rings is 1. The van der Waals surface area contributed by atoms with Crippen molar-refractivity contribution in [2.45, 2.75) is 6.54 Å². The van der Waals surface area contributed by atoms with Crippen LogP contribution in [0, 0.1) is 0 Å². The van der Waals surface area contributed by atoms with Gasteiger partial charge in [0, 0.05) is 43.8 Å². The number of amides is 1. The number of rotatable bonds is 4. The largest absolute Gasteiger partial charge is 0.351 e. The Labute approximate surface area is 152 Å². The summed E-state index contributed by atoms with van der Waals surface area (Å²) in [5.74, 6) is 0.807. The maximum Gasteiger partial charge on any atom is 0.248 e. The van der Waals surface area contributed by atoms with E-state index in [0.29, 0.717) is 13.2 Å². The van der Waals surface area contributed by atoms with Crippen molar-refractivity contribution in [2.75, 3.05) is 23.9 Å². The van der Waals surface area contributed by atoms with Gasteiger partial charge in [0.25, 0.3) is 0 Å². The number of aryl methyl sites for hydroxylation is 1. The van der Waals surface area contributed by atoms with Crippen molar-refractivity contribution in [3.05, 3.63) is 66.6 Å². The molecule has 1 amide bonds. The van der Waals surface area contributed by atoms with Crippen LogP contribution in [0.25, 0.3) is 10.9 Å². The van der Waals surface area contributed by atoms with Crippen molar-refractivity contribution in [2.24, 2.45) is 7.05 Å². The predicted molar refractivity (Wildman–Crippen MR) is 104 cm³/mol. The molecular weight excluding hydrogens is 326 g/mol. The van der Waals surface area contributed by atoms with Crippen LogP contribution in [0.15, 0.2) is 60.9 Å². The van der Waals surface area contributed by atoms with Gasteiger partial charge in [0.1, 0.15) is 0 Å². The van der Waals surface area contributed by atoms with E-state index >= 15 is 0 Å². The van der Waals surface area contributed by atoms with E-state index in [1.54, 1.807) is 23.4 Å². The van der Waals surface area contributed by atoms with Crippen molar-refractivity contribution in [3.8, 4) is 0 Å². The smallest absolute Gasteiger partial charge is 0.248 e. The average Bonchev–Trinajstić information content (AvgIpc) is 3.21. The fourth-order valence-corrected chi connectivity index (χ4v) is 3.24. The Bertz CT molecular complexity index is 991. The number of hydrogen-bond acceptors (Lipinski definition) is 4. The van der Waals surface area contributed by atoms with Crippen LogP contribution < -0.4 is 10.2 Å². The molecule has 0 spiro atoms. The molecule has 0 saturated carbocycles. The van der Waals surface area contributed by atoms with Crippen LogP contribution >= 0.6 is 0 Å². The molecule has 6 nitrogen and oxygen atoms in total. The van der Waals surface area contributed by atoms with Crippen molar-refractivity contribution in [1.29, 1.82) is 0 Å². The van der Waals surface area contributed by atoms with E-state index in [1.807, 2.05) is 43.3 Å². The molecule has 0 aliphatic carbocycles. The van der Waals surface area contributed by atoms with Gasteiger partial charge in [-0.25, -0.2) is 4.98 Å². The fourth-order valence-electron chi connectivity index (χ4n) is 3.24. The monoisotopic (exact) mass is 347 g/mol. The Morgan fingerprint density at radius 2 is 2.15 bits per heavy atom. The number of aromatic nitrogens is 2. The summed E-state index contributed by atoms with van der Waals surface area (Å²) in [6.45, 7) is 1.17. The molecule has 26 heavy (non-hydrogen) atoms. The van der Waals surface area contributed by atoms with Crippen LogP contribution in [0.5, 0.6) is 0 Å². The topological polar surface area (TPSA) is 53.4 Å². The Morgan fingerprint density at radius 3 is 3.00 bits per heavy atom. The molecule has 0 bridgehead atoms. The molecule has 0 fully saturated rings. The molecule has 6 heteroatoms. The third-order valence-electron chi connectivity index (χ3n) is 4.74. The fraction of sp³-hybridized carbons (Fsp3) is 0.200. The number of carbonyl (C=O) groups excluding carboxylic acids is 1. The first kappa shape index (κ1) is 16.2. The van der Waals surface area contributed by atoms with Gasteiger partial charge < -0.3 is 19.7 Å². The van der Waals surface area contributed by atoms with Crippen molar-refractivity contribution >= 4 is 28.3 Å². The lowest BCUT2D eigenvalue weighted by Crippen LogP contribution is -2.26. The number of para-hydroxylation sites is 1. The molecule has 0 atom stereocenters. The lowest BCUT2D eigenvalue weighted by Gasteiger charge is -2.17. The van der Waals surface area contributed by atoms with Gasteiger partial charge in [-0.2, -0.15) is 0 Å². The number of carbonyl (C=O) groups is 1. The van der Waals surface area contributed by atoms with Crippen LogP contribution in [0.2, 0.25) is 0 Å². The van der Waals surface area contributed by atoms with E-state index in [2.05, 4.69) is 33.1 Å². The summed E-state index contributed by atoms with van der Waals surface area (Å²) >= 11 is 0. The molecule has 1 aliphatic heterocycles. The molecule has 2 aromatic heterocycles. The maximum atomic E-state index is 12.5. The Morgan fingerprint density at radius 1 is 1.31 bits per heavy atom. The second kappa shape index (κ2) is 6.55. The normalized spacial score (nSPS) is 13.2. The zero-order valence-corrected chi connectivity index (χ0v) is 14.9. The standard InChI is InChI=1S/C20H21N5O/c1-23(13-16-12-15-6-3-4-7-17(15)24(16)2)19(26)9-11-25-14-22-20-18(25)8-5-10-21-20/h3-12H,13-14H2,1-2H3,(H,21,22)/b11-9+. The third-order valence-corrected chi connectivity index (χ3v) is 4.74. The van der Waals surface area contributed by atoms with Crippen molar-refractivity contribution in [3.63, 3.8) is 0 Å². The minimum absolute atomic E-state index is 0.0346. The van der Waals surface area contributed by atoms with Crippen LogP contribution in [0.3, 0.4) is 0 Å². The average molecular weight is 347 g/mol. The SMILES string of the molecule is CN(Cc1cc2ccccc2n1C)C(=O)/C=C/N1CNc2ncccc21. The highest BCUT2D eigenvalue weighted by Gasteiger charge is 2.17. The molecule has 0 saturated heterocycles. The van der Waals surface area contributed by atoms with Crippen LogP contribution in [0.1, 0.15) is 5.69 Å². The molecule has 1 aliphatic rings. The predicted octanol–water partition coefficient (Wildman–Crippen LogP) is 2.94. The molecule has 3 aromatic rings. The van der Waals surface area contributed by atoms with Crippen LogP contribution in [-0.4, -0.2) is 34.1 Å². The van der Waals surface area contributed by atoms with E-state index < -0.39 is 0 Å². The van der Waals surface area contributed by atoms with E-state index in [1.165, 1.54) is 10.9 Å². The Balaban J connectivity index is 1.46. The van der Waals surface area contributed by atoms with E-state index in [0.717, 1.165) is 17.2 Å². The van der Waals surface area contributed by atoms with E-state index in [-0.39, 0.29) is 5.91 Å². The minimum atomic E-state index is -0.0346. The first-order valence-electron chi connectivity index (χ1n) is 8.55. The second-order valence-corrected chi connectivity index (χ2v) is 6.44. The molecular formula is C20H21N5O. The molecule has 0 radical (unpaired) electrons. The maximum absolute atomic E-state index is 12.5. The lowest BCUT2D eigenvalue weighted by molar-refractivity contribution is -0.125. The quantitative estimate of drug-likeness (QED) is 0.738. The molecule has 1 N–H and O–H groups in total. The van der Waals surface area contributed by atoms with Gasteiger partial charge in [-0.05, 0) is 29.7 Å². The van der Waals surface area contributed by atoms with Crippen molar-refractivity contribution < 1.29 is 4.79 Å². The first-order valence-corrected chi connectivity index (χ1v) is 8.55. The molecule has 4 rings (SSSR count). The number of fused-ring (bicyclic) bond motifs is 2. The van der Waals surface area contributed by atoms with E-state index in [9.17, 15) is 4.79 Å². The number of pyridine rings is 1. The highest BCUT2D eigenvalue weighted by Crippen LogP contribution is 2.28. The summed E-state index contributed by atoms with van der Waals surface area (Å²) in [5.41, 5.74) is 3.26. The third kappa shape index (κ3) is 2.90. The van der Waals surface area contributed by atoms with Crippen LogP contribution in [0.4, 0.5) is 11.5 Å².